The molecule has 1 saturated carbocycles. The van der Waals surface area contributed by atoms with E-state index in [1.807, 2.05) is 0 Å². The minimum Gasteiger partial charge on any atom is -0.360 e. The highest BCUT2D eigenvalue weighted by atomic mass is 16.2. The fraction of sp³-hybridized carbons (Fsp3) is 0.611. The summed E-state index contributed by atoms with van der Waals surface area (Å²) in [5.74, 6) is 0.245. The summed E-state index contributed by atoms with van der Waals surface area (Å²) in [7, 11) is 0. The average molecular weight is 302 g/mol. The monoisotopic (exact) mass is 302 g/mol. The van der Waals surface area contributed by atoms with E-state index in [2.05, 4.69) is 40.5 Å². The van der Waals surface area contributed by atoms with Gasteiger partial charge in [0.15, 0.2) is 6.54 Å². The first kappa shape index (κ1) is 15.3. The van der Waals surface area contributed by atoms with Gasteiger partial charge in [0.25, 0.3) is 5.91 Å². The van der Waals surface area contributed by atoms with Gasteiger partial charge < -0.3 is 15.1 Å². The van der Waals surface area contributed by atoms with E-state index in [-0.39, 0.29) is 5.91 Å². The molecule has 120 valence electrons. The number of nitrogens with zero attached hydrogens (tertiary/aromatic N) is 1. The van der Waals surface area contributed by atoms with Gasteiger partial charge in [-0.3, -0.25) is 4.79 Å². The van der Waals surface area contributed by atoms with Crippen LogP contribution in [-0.2, 0) is 4.79 Å². The van der Waals surface area contributed by atoms with Crippen LogP contribution in [0.5, 0.6) is 0 Å². The molecule has 22 heavy (non-hydrogen) atoms. The number of benzene rings is 1. The summed E-state index contributed by atoms with van der Waals surface area (Å²) in [5, 5.41) is 3.24. The molecule has 0 unspecified atom stereocenters. The first-order valence-electron chi connectivity index (χ1n) is 8.74. The van der Waals surface area contributed by atoms with Crippen molar-refractivity contribution in [2.24, 2.45) is 0 Å². The summed E-state index contributed by atoms with van der Waals surface area (Å²) < 4.78 is 0. The molecule has 3 rings (SSSR count). The molecule has 4 nitrogen and oxygen atoms in total. The molecule has 1 saturated heterocycles. The van der Waals surface area contributed by atoms with Crippen LogP contribution >= 0.6 is 0 Å². The number of carbonyl (C=O) groups excluding carboxylic acids is 1. The molecule has 1 aromatic rings. The Hall–Kier alpha value is -1.55. The van der Waals surface area contributed by atoms with Crippen molar-refractivity contribution >= 4 is 11.6 Å². The van der Waals surface area contributed by atoms with E-state index < -0.39 is 0 Å². The Balaban J connectivity index is 1.41. The zero-order valence-electron chi connectivity index (χ0n) is 13.4. The zero-order chi connectivity index (χ0) is 15.2. The molecule has 1 amide bonds. The SMILES string of the molecule is O=C(C[NH+]1CCN(c2ccccc2)CC1)NC1CCCCC1. The highest BCUT2D eigenvalue weighted by Gasteiger charge is 2.23. The van der Waals surface area contributed by atoms with Crippen molar-refractivity contribution < 1.29 is 9.69 Å². The number of nitrogens with one attached hydrogen (secondary N) is 2. The van der Waals surface area contributed by atoms with E-state index in [1.165, 1.54) is 42.7 Å². The van der Waals surface area contributed by atoms with Crippen LogP contribution in [0, 0.1) is 0 Å². The minimum atomic E-state index is 0.245. The largest absolute Gasteiger partial charge is 0.360 e. The van der Waals surface area contributed by atoms with Gasteiger partial charge in [-0.2, -0.15) is 0 Å². The second kappa shape index (κ2) is 7.63. The molecule has 2 fully saturated rings. The van der Waals surface area contributed by atoms with Crippen molar-refractivity contribution in [2.45, 2.75) is 38.1 Å². The number of hydrogen-bond donors (Lipinski definition) is 2. The third kappa shape index (κ3) is 4.23. The quantitative estimate of drug-likeness (QED) is 0.865. The van der Waals surface area contributed by atoms with Crippen LogP contribution in [0.3, 0.4) is 0 Å². The number of carbonyl (C=O) groups is 1. The van der Waals surface area contributed by atoms with Crippen LogP contribution in [0.15, 0.2) is 30.3 Å². The van der Waals surface area contributed by atoms with Crippen molar-refractivity contribution in [1.82, 2.24) is 5.32 Å². The van der Waals surface area contributed by atoms with Crippen LogP contribution in [0.1, 0.15) is 32.1 Å². The Bertz CT molecular complexity index is 462. The van der Waals surface area contributed by atoms with Gasteiger partial charge in [-0.1, -0.05) is 37.5 Å². The Morgan fingerprint density at radius 2 is 1.77 bits per heavy atom. The van der Waals surface area contributed by atoms with E-state index in [0.29, 0.717) is 12.6 Å². The number of hydrogen-bond acceptors (Lipinski definition) is 2. The first-order valence-corrected chi connectivity index (χ1v) is 8.74. The fourth-order valence-corrected chi connectivity index (χ4v) is 3.65. The lowest BCUT2D eigenvalue weighted by Gasteiger charge is -2.33. The standard InChI is InChI=1S/C18H27N3O/c22-18(19-16-7-3-1-4-8-16)15-20-11-13-21(14-12-20)17-9-5-2-6-10-17/h2,5-6,9-10,16H,1,3-4,7-8,11-15H2,(H,19,22)/p+1. The van der Waals surface area contributed by atoms with Crippen LogP contribution in [0.2, 0.25) is 0 Å². The molecule has 0 aromatic heterocycles. The summed E-state index contributed by atoms with van der Waals surface area (Å²) in [6.45, 7) is 4.81. The van der Waals surface area contributed by atoms with Crippen molar-refractivity contribution in [3.63, 3.8) is 0 Å². The normalized spacial score (nSPS) is 20.8. The van der Waals surface area contributed by atoms with Gasteiger partial charge in [-0.25, -0.2) is 0 Å². The number of piperazine rings is 1. The Kier molecular flexibility index (Phi) is 5.33. The predicted molar refractivity (Wildman–Crippen MR) is 89.2 cm³/mol. The van der Waals surface area contributed by atoms with Gasteiger partial charge in [0.1, 0.15) is 0 Å². The van der Waals surface area contributed by atoms with Gasteiger partial charge in [0.05, 0.1) is 26.2 Å². The number of anilines is 1. The van der Waals surface area contributed by atoms with Gasteiger partial charge in [0.2, 0.25) is 0 Å². The van der Waals surface area contributed by atoms with Gasteiger partial charge in [0, 0.05) is 11.7 Å². The molecule has 0 spiro atoms. The maximum Gasteiger partial charge on any atom is 0.275 e. The minimum absolute atomic E-state index is 0.245. The summed E-state index contributed by atoms with van der Waals surface area (Å²) >= 11 is 0. The van der Waals surface area contributed by atoms with Crippen LogP contribution < -0.4 is 15.1 Å². The van der Waals surface area contributed by atoms with E-state index >= 15 is 0 Å². The van der Waals surface area contributed by atoms with Gasteiger partial charge in [-0.15, -0.1) is 0 Å². The Labute approximate surface area is 133 Å². The molecular formula is C18H28N3O+. The molecule has 4 heteroatoms. The van der Waals surface area contributed by atoms with Crippen molar-refractivity contribution in [2.75, 3.05) is 37.6 Å². The Morgan fingerprint density at radius 3 is 2.45 bits per heavy atom. The molecule has 1 heterocycles. The lowest BCUT2D eigenvalue weighted by molar-refractivity contribution is -0.892. The third-order valence-electron chi connectivity index (χ3n) is 4.97. The second-order valence-electron chi connectivity index (χ2n) is 6.65. The third-order valence-corrected chi connectivity index (χ3v) is 4.97. The van der Waals surface area contributed by atoms with E-state index in [9.17, 15) is 4.79 Å². The number of para-hydroxylation sites is 1. The topological polar surface area (TPSA) is 36.8 Å². The van der Waals surface area contributed by atoms with Crippen LogP contribution in [0.25, 0.3) is 0 Å². The van der Waals surface area contributed by atoms with E-state index in [0.717, 1.165) is 26.2 Å². The smallest absolute Gasteiger partial charge is 0.275 e. The fourth-order valence-electron chi connectivity index (χ4n) is 3.65. The molecule has 1 aliphatic heterocycles. The summed E-state index contributed by atoms with van der Waals surface area (Å²) in [6, 6.07) is 11.0. The lowest BCUT2D eigenvalue weighted by Crippen LogP contribution is -3.16. The zero-order valence-corrected chi connectivity index (χ0v) is 13.4. The van der Waals surface area contributed by atoms with Crippen molar-refractivity contribution in [3.05, 3.63) is 30.3 Å². The molecule has 0 atom stereocenters. The number of amides is 1. The summed E-state index contributed by atoms with van der Waals surface area (Å²) in [6.07, 6.45) is 6.21. The first-order chi connectivity index (χ1) is 10.8. The average Bonchev–Trinajstić information content (AvgIpc) is 2.57. The molecule has 1 aliphatic carbocycles. The van der Waals surface area contributed by atoms with E-state index in [4.69, 9.17) is 0 Å². The lowest BCUT2D eigenvalue weighted by atomic mass is 9.95. The van der Waals surface area contributed by atoms with Crippen LogP contribution in [0.4, 0.5) is 5.69 Å². The predicted octanol–water partition coefficient (Wildman–Crippen LogP) is 0.840. The molecule has 0 bridgehead atoms. The Morgan fingerprint density at radius 1 is 1.09 bits per heavy atom. The van der Waals surface area contributed by atoms with E-state index in [1.54, 1.807) is 0 Å². The molecule has 2 N–H and O–H groups in total. The van der Waals surface area contributed by atoms with Gasteiger partial charge in [-0.05, 0) is 25.0 Å². The summed E-state index contributed by atoms with van der Waals surface area (Å²) in [5.41, 5.74) is 1.30. The van der Waals surface area contributed by atoms with Crippen LogP contribution in [-0.4, -0.2) is 44.7 Å². The maximum absolute atomic E-state index is 12.2. The number of quaternary nitrogens is 1. The maximum atomic E-state index is 12.2. The second-order valence-corrected chi connectivity index (χ2v) is 6.65. The molecule has 2 aliphatic rings. The highest BCUT2D eigenvalue weighted by molar-refractivity contribution is 5.77. The highest BCUT2D eigenvalue weighted by Crippen LogP contribution is 2.17. The van der Waals surface area contributed by atoms with Gasteiger partial charge >= 0.3 is 0 Å². The summed E-state index contributed by atoms with van der Waals surface area (Å²) in [4.78, 5) is 16.0. The van der Waals surface area contributed by atoms with Crippen molar-refractivity contribution in [3.8, 4) is 0 Å². The van der Waals surface area contributed by atoms with Crippen molar-refractivity contribution in [1.29, 1.82) is 0 Å². The molecular weight excluding hydrogens is 274 g/mol. The number of rotatable bonds is 4. The molecule has 0 radical (unpaired) electrons. The molecule has 1 aromatic carbocycles.